The van der Waals surface area contributed by atoms with Gasteiger partial charge in [0.15, 0.2) is 0 Å². The third-order valence-electron chi connectivity index (χ3n) is 4.02. The molecule has 0 spiro atoms. The highest BCUT2D eigenvalue weighted by Crippen LogP contribution is 2.23. The molecule has 2 aromatic carbocycles. The second-order valence-electron chi connectivity index (χ2n) is 5.39. The van der Waals surface area contributed by atoms with E-state index in [-0.39, 0.29) is 0 Å². The monoisotopic (exact) mass is 281 g/mol. The Morgan fingerprint density at radius 1 is 1.14 bits per heavy atom. The number of H-pyrrole nitrogens is 1. The van der Waals surface area contributed by atoms with Crippen LogP contribution >= 0.6 is 0 Å². The summed E-state index contributed by atoms with van der Waals surface area (Å²) in [6, 6.07) is 10.6. The van der Waals surface area contributed by atoms with Crippen molar-refractivity contribution < 1.29 is 4.98 Å². The van der Waals surface area contributed by atoms with E-state index in [0.717, 1.165) is 34.3 Å². The Morgan fingerprint density at radius 3 is 2.62 bits per heavy atom. The molecule has 0 fully saturated rings. The van der Waals surface area contributed by atoms with Crippen molar-refractivity contribution in [2.75, 3.05) is 30.9 Å². The zero-order valence-electron chi connectivity index (χ0n) is 13.0. The van der Waals surface area contributed by atoms with E-state index in [2.05, 4.69) is 66.4 Å². The number of nitrogens with zero attached hydrogens (tertiary/aromatic N) is 2. The van der Waals surface area contributed by atoms with Crippen LogP contribution in [0, 0.1) is 6.92 Å². The fraction of sp³-hybridized carbons (Fsp3) is 0.294. The summed E-state index contributed by atoms with van der Waals surface area (Å²) in [6.07, 6.45) is 0. The molecule has 21 heavy (non-hydrogen) atoms. The molecule has 0 aliphatic rings. The van der Waals surface area contributed by atoms with E-state index in [4.69, 9.17) is 4.98 Å². The zero-order chi connectivity index (χ0) is 15.0. The first-order valence-corrected chi connectivity index (χ1v) is 7.28. The molecule has 3 rings (SSSR count). The van der Waals surface area contributed by atoms with Crippen molar-refractivity contribution in [3.8, 4) is 0 Å². The largest absolute Gasteiger partial charge is 0.388 e. The van der Waals surface area contributed by atoms with Crippen molar-refractivity contribution in [1.82, 2.24) is 4.98 Å². The minimum Gasteiger partial charge on any atom is -0.388 e. The van der Waals surface area contributed by atoms with E-state index < -0.39 is 0 Å². The summed E-state index contributed by atoms with van der Waals surface area (Å²) in [5.74, 6) is 0. The fourth-order valence-electron chi connectivity index (χ4n) is 2.57. The molecule has 0 bridgehead atoms. The maximum Gasteiger partial charge on any atom is 0.230 e. The number of rotatable bonds is 3. The molecule has 108 valence electrons. The van der Waals surface area contributed by atoms with Crippen molar-refractivity contribution >= 4 is 33.4 Å². The lowest BCUT2D eigenvalue weighted by Gasteiger charge is -2.16. The lowest BCUT2D eigenvalue weighted by atomic mass is 10.1. The Kier molecular flexibility index (Phi) is 3.37. The standard InChI is InChI=1S/C17H20N4/c1-5-21(4)12-6-7-13-16(9-12)20-17-10-14(18-3)11(2)8-15(17)19-13/h6-10,18H,5H2,1-4H3/p+1. The van der Waals surface area contributed by atoms with Crippen LogP contribution in [0.25, 0.3) is 22.1 Å². The molecule has 1 aromatic heterocycles. The van der Waals surface area contributed by atoms with E-state index in [9.17, 15) is 0 Å². The lowest BCUT2D eigenvalue weighted by Crippen LogP contribution is -2.16. The number of aromatic nitrogens is 2. The summed E-state index contributed by atoms with van der Waals surface area (Å²) in [7, 11) is 4.03. The summed E-state index contributed by atoms with van der Waals surface area (Å²) in [4.78, 5) is 10.5. The van der Waals surface area contributed by atoms with Gasteiger partial charge in [-0.2, -0.15) is 0 Å². The van der Waals surface area contributed by atoms with Gasteiger partial charge in [0, 0.05) is 44.1 Å². The molecule has 1 heterocycles. The van der Waals surface area contributed by atoms with Crippen molar-refractivity contribution in [2.45, 2.75) is 13.8 Å². The third kappa shape index (κ3) is 2.37. The maximum atomic E-state index is 4.81. The van der Waals surface area contributed by atoms with Crippen LogP contribution in [0.1, 0.15) is 12.5 Å². The number of benzene rings is 2. The second-order valence-corrected chi connectivity index (χ2v) is 5.39. The Bertz CT molecular complexity index is 811. The number of fused-ring (bicyclic) bond motifs is 2. The van der Waals surface area contributed by atoms with Gasteiger partial charge < -0.3 is 10.2 Å². The SMILES string of the molecule is CCN(C)c1ccc2[nH+]c3cc(C)c(NC)cc3nc2c1. The second kappa shape index (κ2) is 5.20. The van der Waals surface area contributed by atoms with Gasteiger partial charge in [-0.25, -0.2) is 9.97 Å². The van der Waals surface area contributed by atoms with E-state index in [1.807, 2.05) is 7.05 Å². The van der Waals surface area contributed by atoms with Crippen LogP contribution in [0.4, 0.5) is 11.4 Å². The van der Waals surface area contributed by atoms with E-state index in [0.29, 0.717) is 0 Å². The van der Waals surface area contributed by atoms with Gasteiger partial charge in [-0.3, -0.25) is 0 Å². The van der Waals surface area contributed by atoms with Crippen LogP contribution in [-0.4, -0.2) is 25.6 Å². The minimum atomic E-state index is 0.978. The van der Waals surface area contributed by atoms with E-state index in [1.54, 1.807) is 0 Å². The summed E-state index contributed by atoms with van der Waals surface area (Å²) in [5.41, 5.74) is 7.61. The molecule has 0 amide bonds. The molecule has 4 nitrogen and oxygen atoms in total. The number of aryl methyl sites for hydroxylation is 1. The first-order chi connectivity index (χ1) is 10.1. The highest BCUT2D eigenvalue weighted by molar-refractivity contribution is 5.85. The third-order valence-corrected chi connectivity index (χ3v) is 4.02. The van der Waals surface area contributed by atoms with Crippen LogP contribution in [0.3, 0.4) is 0 Å². The van der Waals surface area contributed by atoms with Crippen LogP contribution in [-0.2, 0) is 0 Å². The van der Waals surface area contributed by atoms with Gasteiger partial charge in [0.1, 0.15) is 11.0 Å². The average Bonchev–Trinajstić information content (AvgIpc) is 2.51. The van der Waals surface area contributed by atoms with Crippen molar-refractivity contribution in [2.24, 2.45) is 0 Å². The van der Waals surface area contributed by atoms with Gasteiger partial charge in [0.2, 0.25) is 11.0 Å². The van der Waals surface area contributed by atoms with Crippen molar-refractivity contribution in [3.63, 3.8) is 0 Å². The summed E-state index contributed by atoms with van der Waals surface area (Å²) in [5, 5.41) is 3.21. The van der Waals surface area contributed by atoms with Gasteiger partial charge in [-0.1, -0.05) is 0 Å². The average molecular weight is 281 g/mol. The molecule has 3 aromatic rings. The van der Waals surface area contributed by atoms with E-state index >= 15 is 0 Å². The number of anilines is 2. The quantitative estimate of drug-likeness (QED) is 0.750. The normalized spacial score (nSPS) is 11.0. The van der Waals surface area contributed by atoms with Gasteiger partial charge >= 0.3 is 0 Å². The lowest BCUT2D eigenvalue weighted by molar-refractivity contribution is -0.310. The fourth-order valence-corrected chi connectivity index (χ4v) is 2.57. The number of nitrogens with one attached hydrogen (secondary N) is 2. The molecule has 0 atom stereocenters. The maximum absolute atomic E-state index is 4.81. The highest BCUT2D eigenvalue weighted by atomic mass is 15.1. The Hall–Kier alpha value is -2.36. The molecule has 0 radical (unpaired) electrons. The van der Waals surface area contributed by atoms with Gasteiger partial charge in [-0.05, 0) is 37.6 Å². The summed E-state index contributed by atoms with van der Waals surface area (Å²) >= 11 is 0. The topological polar surface area (TPSA) is 42.3 Å². The van der Waals surface area contributed by atoms with Crippen molar-refractivity contribution in [1.29, 1.82) is 0 Å². The van der Waals surface area contributed by atoms with Gasteiger partial charge in [0.25, 0.3) is 0 Å². The molecule has 0 aliphatic carbocycles. The summed E-state index contributed by atoms with van der Waals surface area (Å²) in [6.45, 7) is 5.22. The Morgan fingerprint density at radius 2 is 1.90 bits per heavy atom. The summed E-state index contributed by atoms with van der Waals surface area (Å²) < 4.78 is 0. The number of hydrogen-bond donors (Lipinski definition) is 1. The molecule has 2 N–H and O–H groups in total. The molecule has 0 saturated heterocycles. The zero-order valence-corrected chi connectivity index (χ0v) is 13.0. The van der Waals surface area contributed by atoms with Crippen LogP contribution in [0.15, 0.2) is 30.3 Å². The van der Waals surface area contributed by atoms with E-state index in [1.165, 1.54) is 11.3 Å². The molecule has 0 unspecified atom stereocenters. The van der Waals surface area contributed by atoms with Gasteiger partial charge in [0.05, 0.1) is 0 Å². The van der Waals surface area contributed by atoms with Crippen molar-refractivity contribution in [3.05, 3.63) is 35.9 Å². The Balaban J connectivity index is 2.23. The van der Waals surface area contributed by atoms with Crippen LogP contribution in [0.5, 0.6) is 0 Å². The number of hydrogen-bond acceptors (Lipinski definition) is 3. The molecular formula is C17H21N4+. The first kappa shape index (κ1) is 13.6. The predicted octanol–water partition coefficient (Wildman–Crippen LogP) is 3.01. The van der Waals surface area contributed by atoms with Gasteiger partial charge in [-0.15, -0.1) is 0 Å². The van der Waals surface area contributed by atoms with Crippen LogP contribution in [0.2, 0.25) is 0 Å². The first-order valence-electron chi connectivity index (χ1n) is 7.28. The Labute approximate surface area is 124 Å². The van der Waals surface area contributed by atoms with Crippen LogP contribution < -0.4 is 15.2 Å². The smallest absolute Gasteiger partial charge is 0.230 e. The minimum absolute atomic E-state index is 0.978. The molecular weight excluding hydrogens is 260 g/mol. The molecule has 4 heteroatoms. The molecule has 0 aliphatic heterocycles. The predicted molar refractivity (Wildman–Crippen MR) is 89.0 cm³/mol. The molecule has 0 saturated carbocycles. The number of aromatic amines is 1. The highest BCUT2D eigenvalue weighted by Gasteiger charge is 2.11.